The average molecular weight is 262 g/mol. The summed E-state index contributed by atoms with van der Waals surface area (Å²) in [6, 6.07) is 5.43. The van der Waals surface area contributed by atoms with E-state index in [2.05, 4.69) is 13.8 Å². The van der Waals surface area contributed by atoms with Gasteiger partial charge in [0.1, 0.15) is 17.1 Å². The SMILES string of the molecule is CCCCC1(CC)CC(=O)c2ccc(OC)cc2O1. The van der Waals surface area contributed by atoms with Crippen LogP contribution in [0.5, 0.6) is 11.5 Å². The Labute approximate surface area is 114 Å². The van der Waals surface area contributed by atoms with Crippen LogP contribution in [-0.4, -0.2) is 18.5 Å². The van der Waals surface area contributed by atoms with Crippen LogP contribution < -0.4 is 9.47 Å². The molecule has 1 unspecified atom stereocenters. The highest BCUT2D eigenvalue weighted by Crippen LogP contribution is 2.39. The first kappa shape index (κ1) is 13.9. The molecule has 0 aromatic heterocycles. The van der Waals surface area contributed by atoms with Gasteiger partial charge in [-0.1, -0.05) is 20.3 Å². The number of benzene rings is 1. The Morgan fingerprint density at radius 2 is 2.16 bits per heavy atom. The van der Waals surface area contributed by atoms with E-state index in [1.807, 2.05) is 12.1 Å². The van der Waals surface area contributed by atoms with E-state index in [1.165, 1.54) is 0 Å². The van der Waals surface area contributed by atoms with Gasteiger partial charge in [0.2, 0.25) is 0 Å². The summed E-state index contributed by atoms with van der Waals surface area (Å²) in [5.41, 5.74) is 0.355. The molecule has 0 radical (unpaired) electrons. The molecular weight excluding hydrogens is 240 g/mol. The maximum absolute atomic E-state index is 12.3. The van der Waals surface area contributed by atoms with Crippen molar-refractivity contribution in [1.29, 1.82) is 0 Å². The summed E-state index contributed by atoms with van der Waals surface area (Å²) in [5, 5.41) is 0. The lowest BCUT2D eigenvalue weighted by molar-refractivity contribution is 0.0298. The lowest BCUT2D eigenvalue weighted by Crippen LogP contribution is -2.41. The van der Waals surface area contributed by atoms with Gasteiger partial charge < -0.3 is 9.47 Å². The predicted octanol–water partition coefficient (Wildman–Crippen LogP) is 4.00. The number of ether oxygens (including phenoxy) is 2. The van der Waals surface area contributed by atoms with Gasteiger partial charge >= 0.3 is 0 Å². The Bertz CT molecular complexity index is 467. The van der Waals surface area contributed by atoms with Crippen molar-refractivity contribution >= 4 is 5.78 Å². The first-order chi connectivity index (χ1) is 9.14. The molecule has 0 N–H and O–H groups in total. The van der Waals surface area contributed by atoms with E-state index in [4.69, 9.17) is 9.47 Å². The van der Waals surface area contributed by atoms with E-state index < -0.39 is 0 Å². The normalized spacial score (nSPS) is 21.7. The number of fused-ring (bicyclic) bond motifs is 1. The third-order valence-corrected chi connectivity index (χ3v) is 3.93. The molecule has 104 valence electrons. The summed E-state index contributed by atoms with van der Waals surface area (Å²) < 4.78 is 11.4. The number of hydrogen-bond donors (Lipinski definition) is 0. The van der Waals surface area contributed by atoms with Crippen LogP contribution in [0.1, 0.15) is 56.3 Å². The molecule has 0 saturated carbocycles. The highest BCUT2D eigenvalue weighted by Gasteiger charge is 2.38. The van der Waals surface area contributed by atoms with Gasteiger partial charge in [0.25, 0.3) is 0 Å². The maximum Gasteiger partial charge on any atom is 0.170 e. The zero-order valence-electron chi connectivity index (χ0n) is 12.0. The fourth-order valence-electron chi connectivity index (χ4n) is 2.61. The van der Waals surface area contributed by atoms with Crippen molar-refractivity contribution < 1.29 is 14.3 Å². The topological polar surface area (TPSA) is 35.5 Å². The van der Waals surface area contributed by atoms with E-state index in [0.717, 1.165) is 31.4 Å². The van der Waals surface area contributed by atoms with Gasteiger partial charge in [0.05, 0.1) is 19.1 Å². The van der Waals surface area contributed by atoms with Crippen molar-refractivity contribution in [3.05, 3.63) is 23.8 Å². The molecule has 1 aliphatic rings. The molecule has 0 spiro atoms. The second-order valence-corrected chi connectivity index (χ2v) is 5.20. The Kier molecular flexibility index (Phi) is 4.13. The number of rotatable bonds is 5. The fourth-order valence-corrected chi connectivity index (χ4v) is 2.61. The van der Waals surface area contributed by atoms with Gasteiger partial charge in [0, 0.05) is 6.07 Å². The molecule has 1 aromatic rings. The molecule has 0 bridgehead atoms. The van der Waals surface area contributed by atoms with Crippen LogP contribution >= 0.6 is 0 Å². The van der Waals surface area contributed by atoms with Gasteiger partial charge in [0.15, 0.2) is 5.78 Å². The van der Waals surface area contributed by atoms with E-state index in [0.29, 0.717) is 17.7 Å². The Hall–Kier alpha value is -1.51. The van der Waals surface area contributed by atoms with Gasteiger partial charge in [-0.2, -0.15) is 0 Å². The monoisotopic (exact) mass is 262 g/mol. The van der Waals surface area contributed by atoms with Gasteiger partial charge in [-0.15, -0.1) is 0 Å². The summed E-state index contributed by atoms with van der Waals surface area (Å²) in [6.07, 6.45) is 4.48. The largest absolute Gasteiger partial charge is 0.497 e. The molecule has 0 fully saturated rings. The van der Waals surface area contributed by atoms with Crippen LogP contribution in [0.2, 0.25) is 0 Å². The van der Waals surface area contributed by atoms with Crippen molar-refractivity contribution in [2.75, 3.05) is 7.11 Å². The number of ketones is 1. The average Bonchev–Trinajstić information content (AvgIpc) is 2.44. The number of Topliss-reactive ketones (excluding diaryl/α,β-unsaturated/α-hetero) is 1. The second kappa shape index (κ2) is 5.64. The van der Waals surface area contributed by atoms with Crippen molar-refractivity contribution in [2.45, 2.75) is 51.6 Å². The fraction of sp³-hybridized carbons (Fsp3) is 0.562. The number of unbranched alkanes of at least 4 members (excludes halogenated alkanes) is 1. The zero-order valence-corrected chi connectivity index (χ0v) is 12.0. The van der Waals surface area contributed by atoms with Crippen molar-refractivity contribution in [2.24, 2.45) is 0 Å². The maximum atomic E-state index is 12.3. The quantitative estimate of drug-likeness (QED) is 0.804. The van der Waals surface area contributed by atoms with E-state index in [1.54, 1.807) is 13.2 Å². The van der Waals surface area contributed by atoms with E-state index in [9.17, 15) is 4.79 Å². The summed E-state index contributed by atoms with van der Waals surface area (Å²) in [7, 11) is 1.62. The van der Waals surface area contributed by atoms with E-state index >= 15 is 0 Å². The molecule has 3 nitrogen and oxygen atoms in total. The first-order valence-corrected chi connectivity index (χ1v) is 7.04. The third kappa shape index (κ3) is 2.75. The molecule has 1 heterocycles. The van der Waals surface area contributed by atoms with Crippen LogP contribution in [0.4, 0.5) is 0 Å². The molecule has 3 heteroatoms. The van der Waals surface area contributed by atoms with Crippen molar-refractivity contribution in [1.82, 2.24) is 0 Å². The molecule has 19 heavy (non-hydrogen) atoms. The van der Waals surface area contributed by atoms with Gasteiger partial charge in [-0.25, -0.2) is 0 Å². The molecule has 0 amide bonds. The lowest BCUT2D eigenvalue weighted by Gasteiger charge is -2.37. The van der Waals surface area contributed by atoms with Crippen LogP contribution in [-0.2, 0) is 0 Å². The number of methoxy groups -OCH3 is 1. The Morgan fingerprint density at radius 3 is 2.79 bits per heavy atom. The number of carbonyl (C=O) groups excluding carboxylic acids is 1. The van der Waals surface area contributed by atoms with Crippen LogP contribution in [0.15, 0.2) is 18.2 Å². The van der Waals surface area contributed by atoms with Crippen molar-refractivity contribution in [3.8, 4) is 11.5 Å². The molecule has 0 aliphatic carbocycles. The number of hydrogen-bond acceptors (Lipinski definition) is 3. The highest BCUT2D eigenvalue weighted by atomic mass is 16.5. The summed E-state index contributed by atoms with van der Waals surface area (Å²) in [4.78, 5) is 12.3. The molecule has 1 aromatic carbocycles. The third-order valence-electron chi connectivity index (χ3n) is 3.93. The van der Waals surface area contributed by atoms with Crippen LogP contribution in [0.3, 0.4) is 0 Å². The standard InChI is InChI=1S/C16H22O3/c1-4-6-9-16(5-2)11-14(17)13-8-7-12(18-3)10-15(13)19-16/h7-8,10H,4-6,9,11H2,1-3H3. The van der Waals surface area contributed by atoms with E-state index in [-0.39, 0.29) is 11.4 Å². The minimum absolute atomic E-state index is 0.182. The zero-order chi connectivity index (χ0) is 13.9. The Morgan fingerprint density at radius 1 is 1.37 bits per heavy atom. The summed E-state index contributed by atoms with van der Waals surface area (Å²) in [6.45, 7) is 4.25. The molecule has 1 aliphatic heterocycles. The van der Waals surface area contributed by atoms with Gasteiger partial charge in [-0.3, -0.25) is 4.79 Å². The summed E-state index contributed by atoms with van der Waals surface area (Å²) in [5.74, 6) is 1.59. The molecule has 2 rings (SSSR count). The summed E-state index contributed by atoms with van der Waals surface area (Å²) >= 11 is 0. The second-order valence-electron chi connectivity index (χ2n) is 5.20. The van der Waals surface area contributed by atoms with Crippen LogP contribution in [0, 0.1) is 0 Å². The Balaban J connectivity index is 2.32. The minimum Gasteiger partial charge on any atom is -0.497 e. The first-order valence-electron chi connectivity index (χ1n) is 7.04. The van der Waals surface area contributed by atoms with Crippen LogP contribution in [0.25, 0.3) is 0 Å². The molecule has 1 atom stereocenters. The minimum atomic E-state index is -0.327. The molecular formula is C16H22O3. The molecule has 0 saturated heterocycles. The lowest BCUT2D eigenvalue weighted by atomic mass is 9.84. The predicted molar refractivity (Wildman–Crippen MR) is 75.1 cm³/mol. The smallest absolute Gasteiger partial charge is 0.170 e. The van der Waals surface area contributed by atoms with Crippen molar-refractivity contribution in [3.63, 3.8) is 0 Å². The highest BCUT2D eigenvalue weighted by molar-refractivity contribution is 6.00. The van der Waals surface area contributed by atoms with Gasteiger partial charge in [-0.05, 0) is 31.4 Å². The number of carbonyl (C=O) groups is 1.